The predicted molar refractivity (Wildman–Crippen MR) is 74.8 cm³/mol. The van der Waals surface area contributed by atoms with Gasteiger partial charge in [-0.25, -0.2) is 0 Å². The lowest BCUT2D eigenvalue weighted by Crippen LogP contribution is -2.07. The number of Topliss-reactive ketones (excluding diaryl/α,β-unsaturated/α-hetero) is 1. The van der Waals surface area contributed by atoms with Crippen LogP contribution in [0.15, 0.2) is 36.4 Å². The van der Waals surface area contributed by atoms with Gasteiger partial charge < -0.3 is 4.74 Å². The summed E-state index contributed by atoms with van der Waals surface area (Å²) in [7, 11) is 0. The topological polar surface area (TPSA) is 26.3 Å². The Morgan fingerprint density at radius 1 is 1.17 bits per heavy atom. The van der Waals surface area contributed by atoms with E-state index in [9.17, 15) is 4.79 Å². The number of ketones is 1. The minimum atomic E-state index is -0.0658. The van der Waals surface area contributed by atoms with E-state index in [4.69, 9.17) is 16.3 Å². The van der Waals surface area contributed by atoms with E-state index in [-0.39, 0.29) is 17.8 Å². The zero-order valence-electron chi connectivity index (χ0n) is 10.4. The normalized spacial score (nSPS) is 10.9. The summed E-state index contributed by atoms with van der Waals surface area (Å²) in [5, 5.41) is 1.84. The summed E-state index contributed by atoms with van der Waals surface area (Å²) in [6, 6.07) is 11.3. The van der Waals surface area contributed by atoms with Crippen molar-refractivity contribution >= 4 is 28.2 Å². The van der Waals surface area contributed by atoms with E-state index in [0.29, 0.717) is 5.56 Å². The first kappa shape index (κ1) is 12.9. The summed E-state index contributed by atoms with van der Waals surface area (Å²) >= 11 is 5.63. The number of carbonyl (C=O) groups is 1. The van der Waals surface area contributed by atoms with E-state index in [0.717, 1.165) is 16.5 Å². The zero-order valence-corrected chi connectivity index (χ0v) is 11.2. The van der Waals surface area contributed by atoms with Crippen LogP contribution < -0.4 is 4.74 Å². The molecular formula is C15H15ClO2. The van der Waals surface area contributed by atoms with Crippen LogP contribution in [-0.2, 0) is 0 Å². The second-order valence-corrected chi connectivity index (χ2v) is 4.65. The van der Waals surface area contributed by atoms with E-state index in [1.54, 1.807) is 6.07 Å². The van der Waals surface area contributed by atoms with Crippen LogP contribution in [0.25, 0.3) is 10.8 Å². The van der Waals surface area contributed by atoms with Crippen LogP contribution in [0, 0.1) is 0 Å². The molecule has 0 aliphatic rings. The van der Waals surface area contributed by atoms with Gasteiger partial charge in [0.2, 0.25) is 0 Å². The molecule has 0 radical (unpaired) electrons. The van der Waals surface area contributed by atoms with Crippen molar-refractivity contribution in [1.82, 2.24) is 0 Å². The first-order valence-corrected chi connectivity index (χ1v) is 6.44. The molecule has 94 valence electrons. The second kappa shape index (κ2) is 5.40. The molecule has 0 bridgehead atoms. The summed E-state index contributed by atoms with van der Waals surface area (Å²) in [6.45, 7) is 3.96. The Bertz CT molecular complexity index is 576. The maximum absolute atomic E-state index is 11.8. The lowest BCUT2D eigenvalue weighted by atomic mass is 10.0. The van der Waals surface area contributed by atoms with Crippen molar-refractivity contribution in [3.05, 3.63) is 42.0 Å². The highest BCUT2D eigenvalue weighted by Crippen LogP contribution is 2.29. The largest absolute Gasteiger partial charge is 0.490 e. The predicted octanol–water partition coefficient (Wildman–Crippen LogP) is 4.05. The fraction of sp³-hybridized carbons (Fsp3) is 0.267. The highest BCUT2D eigenvalue weighted by molar-refractivity contribution is 6.32. The first-order chi connectivity index (χ1) is 8.63. The molecule has 2 nitrogen and oxygen atoms in total. The third-order valence-corrected chi connectivity index (χ3v) is 2.91. The molecule has 0 atom stereocenters. The van der Waals surface area contributed by atoms with Crippen LogP contribution in [-0.4, -0.2) is 17.8 Å². The van der Waals surface area contributed by atoms with E-state index in [1.165, 1.54) is 0 Å². The van der Waals surface area contributed by atoms with Gasteiger partial charge in [-0.1, -0.05) is 24.3 Å². The molecule has 0 fully saturated rings. The van der Waals surface area contributed by atoms with Gasteiger partial charge in [0.15, 0.2) is 5.78 Å². The number of halogens is 1. The number of rotatable bonds is 4. The Labute approximate surface area is 112 Å². The average molecular weight is 263 g/mol. The van der Waals surface area contributed by atoms with Crippen LogP contribution in [0.5, 0.6) is 5.75 Å². The number of hydrogen-bond acceptors (Lipinski definition) is 2. The van der Waals surface area contributed by atoms with Gasteiger partial charge in [0, 0.05) is 10.9 Å². The Balaban J connectivity index is 2.62. The van der Waals surface area contributed by atoms with Crippen molar-refractivity contribution in [1.29, 1.82) is 0 Å². The molecular weight excluding hydrogens is 248 g/mol. The minimum Gasteiger partial charge on any atom is -0.490 e. The maximum Gasteiger partial charge on any atom is 0.178 e. The highest BCUT2D eigenvalue weighted by Gasteiger charge is 2.12. The lowest BCUT2D eigenvalue weighted by molar-refractivity contribution is 0.102. The second-order valence-electron chi connectivity index (χ2n) is 4.38. The number of ether oxygens (including phenoxy) is 1. The Kier molecular flexibility index (Phi) is 3.87. The van der Waals surface area contributed by atoms with Gasteiger partial charge in [-0.05, 0) is 31.4 Å². The first-order valence-electron chi connectivity index (χ1n) is 5.91. The summed E-state index contributed by atoms with van der Waals surface area (Å²) < 4.78 is 5.75. The lowest BCUT2D eigenvalue weighted by Gasteiger charge is -2.14. The van der Waals surface area contributed by atoms with Crippen LogP contribution in [0.2, 0.25) is 0 Å². The summed E-state index contributed by atoms with van der Waals surface area (Å²) in [5.41, 5.74) is 0.650. The Morgan fingerprint density at radius 2 is 1.83 bits per heavy atom. The monoisotopic (exact) mass is 262 g/mol. The van der Waals surface area contributed by atoms with Gasteiger partial charge >= 0.3 is 0 Å². The van der Waals surface area contributed by atoms with Crippen LogP contribution in [0.4, 0.5) is 0 Å². The molecule has 2 rings (SSSR count). The van der Waals surface area contributed by atoms with Gasteiger partial charge in [0.05, 0.1) is 12.0 Å². The van der Waals surface area contributed by atoms with Crippen molar-refractivity contribution < 1.29 is 9.53 Å². The van der Waals surface area contributed by atoms with Crippen molar-refractivity contribution in [2.75, 3.05) is 5.88 Å². The molecule has 0 amide bonds. The Hall–Kier alpha value is -1.54. The fourth-order valence-electron chi connectivity index (χ4n) is 1.94. The maximum atomic E-state index is 11.8. The number of carbonyl (C=O) groups excluding carboxylic acids is 1. The number of fused-ring (bicyclic) bond motifs is 1. The molecule has 0 saturated heterocycles. The van der Waals surface area contributed by atoms with Gasteiger partial charge in [-0.2, -0.15) is 0 Å². The van der Waals surface area contributed by atoms with E-state index in [2.05, 4.69) is 0 Å². The van der Waals surface area contributed by atoms with Gasteiger partial charge in [-0.15, -0.1) is 11.6 Å². The smallest absolute Gasteiger partial charge is 0.178 e. The van der Waals surface area contributed by atoms with Gasteiger partial charge in [0.25, 0.3) is 0 Å². The molecule has 0 heterocycles. The quantitative estimate of drug-likeness (QED) is 0.614. The SMILES string of the molecule is CC(C)Oc1ccc(C(=O)CCl)c2ccccc12. The molecule has 0 N–H and O–H groups in total. The van der Waals surface area contributed by atoms with Crippen LogP contribution in [0.3, 0.4) is 0 Å². The molecule has 0 aliphatic carbocycles. The summed E-state index contributed by atoms with van der Waals surface area (Å²) in [5.74, 6) is 0.727. The van der Waals surface area contributed by atoms with Crippen molar-refractivity contribution in [3.8, 4) is 5.75 Å². The van der Waals surface area contributed by atoms with Gasteiger partial charge in [0.1, 0.15) is 5.75 Å². The van der Waals surface area contributed by atoms with Crippen LogP contribution in [0.1, 0.15) is 24.2 Å². The number of alkyl halides is 1. The third-order valence-electron chi connectivity index (χ3n) is 2.67. The number of benzene rings is 2. The van der Waals surface area contributed by atoms with Crippen molar-refractivity contribution in [2.24, 2.45) is 0 Å². The van der Waals surface area contributed by atoms with E-state index >= 15 is 0 Å². The average Bonchev–Trinajstić information content (AvgIpc) is 2.38. The molecule has 0 saturated carbocycles. The molecule has 0 unspecified atom stereocenters. The zero-order chi connectivity index (χ0) is 13.1. The molecule has 0 aromatic heterocycles. The fourth-order valence-corrected chi connectivity index (χ4v) is 2.09. The van der Waals surface area contributed by atoms with Gasteiger partial charge in [-0.3, -0.25) is 4.79 Å². The molecule has 0 spiro atoms. The van der Waals surface area contributed by atoms with Crippen molar-refractivity contribution in [3.63, 3.8) is 0 Å². The molecule has 18 heavy (non-hydrogen) atoms. The van der Waals surface area contributed by atoms with E-state index in [1.807, 2.05) is 44.2 Å². The summed E-state index contributed by atoms with van der Waals surface area (Å²) in [6.07, 6.45) is 0.1000. The van der Waals surface area contributed by atoms with E-state index < -0.39 is 0 Å². The standard InChI is InChI=1S/C15H15ClO2/c1-10(2)18-15-8-7-12(14(17)9-16)11-5-3-4-6-13(11)15/h3-8,10H,9H2,1-2H3. The Morgan fingerprint density at radius 3 is 2.44 bits per heavy atom. The van der Waals surface area contributed by atoms with Crippen LogP contribution >= 0.6 is 11.6 Å². The number of hydrogen-bond donors (Lipinski definition) is 0. The molecule has 2 aromatic carbocycles. The molecule has 2 aromatic rings. The third kappa shape index (κ3) is 2.49. The van der Waals surface area contributed by atoms with Crippen molar-refractivity contribution in [2.45, 2.75) is 20.0 Å². The highest BCUT2D eigenvalue weighted by atomic mass is 35.5. The molecule has 0 aliphatic heterocycles. The minimum absolute atomic E-state index is 0.00558. The summed E-state index contributed by atoms with van der Waals surface area (Å²) in [4.78, 5) is 11.8. The molecule has 3 heteroatoms.